The zero-order valence-corrected chi connectivity index (χ0v) is 41.0. The van der Waals surface area contributed by atoms with Crippen LogP contribution in [0.5, 0.6) is 0 Å². The average molecular weight is 978 g/mol. The average Bonchev–Trinajstić information content (AvgIpc) is 3.74. The van der Waals surface area contributed by atoms with Crippen LogP contribution in [0.25, 0.3) is 42.7 Å². The number of aliphatic hydroxyl groups is 1. The summed E-state index contributed by atoms with van der Waals surface area (Å²) in [5.41, 5.74) is 11.3. The van der Waals surface area contributed by atoms with Gasteiger partial charge in [-0.2, -0.15) is 0 Å². The largest absolute Gasteiger partial charge is 0.512 e. The Morgan fingerprint density at radius 2 is 1.43 bits per heavy atom. The molecule has 0 spiro atoms. The topological polar surface area (TPSA) is 63.1 Å². The summed E-state index contributed by atoms with van der Waals surface area (Å²) in [7, 11) is 0. The smallest absolute Gasteiger partial charge is 0.162 e. The van der Waals surface area contributed by atoms with Crippen molar-refractivity contribution in [1.29, 1.82) is 0 Å². The Hall–Kier alpha value is -3.18. The van der Waals surface area contributed by atoms with E-state index in [0.717, 1.165) is 32.8 Å². The van der Waals surface area contributed by atoms with Gasteiger partial charge in [0.25, 0.3) is 0 Å². The first-order chi connectivity index (χ1) is 26.8. The minimum Gasteiger partial charge on any atom is -0.512 e. The van der Waals surface area contributed by atoms with Crippen LogP contribution in [0, 0.1) is 68.3 Å². The Bertz CT molecular complexity index is 2180. The van der Waals surface area contributed by atoms with E-state index in [1.807, 2.05) is 11.3 Å². The van der Waals surface area contributed by atoms with Gasteiger partial charge in [0, 0.05) is 53.3 Å². The standard InChI is InChI=1S/C35H37N2S.C17H32O2.Ir/c1-21-15-25(17-24-11-7-8-12-24)16-22(2)30(21)33-23(3)31-34(38-33)32(37-20-36-31)27-18-26-13-9-10-14-28(26)29(19-27)35(4,5)6;1-10(2)16(11(3)4)14(18)9-15(19)17(12(5)6)13(7)8;/h9-10,13-16,19-20,24H,7-8,11-12,17H2,1-6H3;9-13,16-18H,1-8H3;/q-1;;/b;14-9-;. The quantitative estimate of drug-likeness (QED) is 0.0814. The number of aryl methyl sites for hydroxylation is 3. The maximum absolute atomic E-state index is 12.3. The molecule has 3 aromatic carbocycles. The van der Waals surface area contributed by atoms with Crippen molar-refractivity contribution < 1.29 is 30.0 Å². The predicted octanol–water partition coefficient (Wildman–Crippen LogP) is 14.8. The number of carbonyl (C=O) groups excluding carboxylic acids is 1. The minimum atomic E-state index is -0.0119. The number of nitrogens with zero attached hydrogens (tertiary/aromatic N) is 2. The molecule has 1 saturated carbocycles. The Labute approximate surface area is 368 Å². The van der Waals surface area contributed by atoms with Gasteiger partial charge in [0.05, 0.1) is 11.3 Å². The second kappa shape index (κ2) is 19.9. The Morgan fingerprint density at radius 3 is 1.98 bits per heavy atom. The van der Waals surface area contributed by atoms with Crippen molar-refractivity contribution in [2.75, 3.05) is 0 Å². The van der Waals surface area contributed by atoms with Crippen LogP contribution in [0.15, 0.2) is 60.6 Å². The van der Waals surface area contributed by atoms with Gasteiger partial charge in [-0.3, -0.25) is 9.78 Å². The fourth-order valence-electron chi connectivity index (χ4n) is 9.73. The second-order valence-electron chi connectivity index (χ2n) is 19.3. The van der Waals surface area contributed by atoms with Gasteiger partial charge in [-0.15, -0.1) is 40.5 Å². The van der Waals surface area contributed by atoms with Crippen molar-refractivity contribution in [3.63, 3.8) is 0 Å². The summed E-state index contributed by atoms with van der Waals surface area (Å²) in [5.74, 6) is 2.49. The molecule has 58 heavy (non-hydrogen) atoms. The van der Waals surface area contributed by atoms with E-state index in [1.54, 1.807) is 6.33 Å². The maximum atomic E-state index is 12.3. The van der Waals surface area contributed by atoms with Gasteiger partial charge in [0.2, 0.25) is 0 Å². The first kappa shape index (κ1) is 47.5. The molecule has 2 aromatic heterocycles. The van der Waals surface area contributed by atoms with E-state index < -0.39 is 0 Å². The second-order valence-corrected chi connectivity index (χ2v) is 20.3. The third-order valence-corrected chi connectivity index (χ3v) is 13.5. The van der Waals surface area contributed by atoms with Crippen molar-refractivity contribution >= 4 is 38.1 Å². The van der Waals surface area contributed by atoms with Crippen LogP contribution in [-0.2, 0) is 36.7 Å². The predicted molar refractivity (Wildman–Crippen MR) is 245 cm³/mol. The number of aliphatic hydroxyl groups excluding tert-OH is 1. The SMILES string of the molecule is CC(C)C(C(=O)/C=C(\O)C(C(C)C)C(C)C)C(C)C.Cc1cc(CC2CCCC2)cc(C)c1-c1sc2c(-c3[c-]c4ccccc4c(C(C)(C)C)c3)ncnc2c1C.[Ir]. The molecular formula is C52H69IrN2O2S-. The van der Waals surface area contributed by atoms with Gasteiger partial charge < -0.3 is 5.11 Å². The van der Waals surface area contributed by atoms with Crippen LogP contribution in [-0.4, -0.2) is 20.9 Å². The van der Waals surface area contributed by atoms with Gasteiger partial charge in [-0.25, -0.2) is 4.98 Å². The number of hydrogen-bond acceptors (Lipinski definition) is 5. The molecule has 0 amide bonds. The Morgan fingerprint density at radius 1 is 0.862 bits per heavy atom. The third kappa shape index (κ3) is 10.8. The summed E-state index contributed by atoms with van der Waals surface area (Å²) in [6.45, 7) is 30.2. The summed E-state index contributed by atoms with van der Waals surface area (Å²) in [5, 5.41) is 12.7. The number of allylic oxidation sites excluding steroid dienone is 2. The van der Waals surface area contributed by atoms with Crippen LogP contribution in [0.2, 0.25) is 0 Å². The van der Waals surface area contributed by atoms with Crippen molar-refractivity contribution in [2.45, 2.75) is 134 Å². The van der Waals surface area contributed by atoms with E-state index in [1.165, 1.54) is 81.8 Å². The van der Waals surface area contributed by atoms with E-state index in [4.69, 9.17) is 9.97 Å². The van der Waals surface area contributed by atoms with Gasteiger partial charge in [-0.05, 0) is 90.0 Å². The van der Waals surface area contributed by atoms with E-state index in [-0.39, 0.29) is 48.9 Å². The first-order valence-electron chi connectivity index (χ1n) is 21.5. The van der Waals surface area contributed by atoms with Crippen molar-refractivity contribution in [2.24, 2.45) is 41.4 Å². The van der Waals surface area contributed by atoms with E-state index in [9.17, 15) is 9.90 Å². The van der Waals surface area contributed by atoms with E-state index >= 15 is 0 Å². The van der Waals surface area contributed by atoms with Gasteiger partial charge in [0.1, 0.15) is 6.33 Å². The summed E-state index contributed by atoms with van der Waals surface area (Å²) in [6, 6.07) is 19.5. The van der Waals surface area contributed by atoms with Gasteiger partial charge in [-0.1, -0.05) is 143 Å². The summed E-state index contributed by atoms with van der Waals surface area (Å²) in [4.78, 5) is 23.3. The molecular weight excluding hydrogens is 909 g/mol. The first-order valence-corrected chi connectivity index (χ1v) is 22.4. The molecule has 0 bridgehead atoms. The molecule has 6 heteroatoms. The summed E-state index contributed by atoms with van der Waals surface area (Å²) >= 11 is 1.84. The number of hydrogen-bond donors (Lipinski definition) is 1. The van der Waals surface area contributed by atoms with Gasteiger partial charge in [0.15, 0.2) is 5.78 Å². The minimum absolute atomic E-state index is 0. The zero-order valence-electron chi connectivity index (χ0n) is 37.8. The Kier molecular flexibility index (Phi) is 16.3. The normalized spacial score (nSPS) is 14.1. The monoisotopic (exact) mass is 978 g/mol. The molecule has 0 atom stereocenters. The molecule has 6 rings (SSSR count). The number of thiophene rings is 1. The molecule has 0 aliphatic heterocycles. The number of carbonyl (C=O) groups is 1. The fourth-order valence-corrected chi connectivity index (χ4v) is 11.2. The van der Waals surface area contributed by atoms with Crippen LogP contribution < -0.4 is 0 Å². The molecule has 4 nitrogen and oxygen atoms in total. The number of ketones is 1. The van der Waals surface area contributed by atoms with E-state index in [0.29, 0.717) is 23.7 Å². The number of aromatic nitrogens is 2. The number of benzene rings is 3. The van der Waals surface area contributed by atoms with Crippen LogP contribution in [0.1, 0.15) is 130 Å². The maximum Gasteiger partial charge on any atom is 0.162 e. The number of fused-ring (bicyclic) bond motifs is 2. The Balaban J connectivity index is 0.000000319. The molecule has 0 saturated heterocycles. The number of rotatable bonds is 11. The van der Waals surface area contributed by atoms with Crippen LogP contribution in [0.3, 0.4) is 0 Å². The van der Waals surface area contributed by atoms with Crippen LogP contribution >= 0.6 is 11.3 Å². The fraction of sp³-hybridized carbons (Fsp3) is 0.519. The molecule has 2 heterocycles. The molecule has 0 unspecified atom stereocenters. The summed E-state index contributed by atoms with van der Waals surface area (Å²) < 4.78 is 1.15. The molecule has 1 aliphatic carbocycles. The molecule has 1 N–H and O–H groups in total. The van der Waals surface area contributed by atoms with Crippen molar-refractivity contribution in [1.82, 2.24) is 9.97 Å². The molecule has 1 fully saturated rings. The van der Waals surface area contributed by atoms with E-state index in [2.05, 4.69) is 145 Å². The van der Waals surface area contributed by atoms with Crippen molar-refractivity contribution in [3.8, 4) is 21.7 Å². The summed E-state index contributed by atoms with van der Waals surface area (Å²) in [6.07, 6.45) is 10.0. The third-order valence-electron chi connectivity index (χ3n) is 12.2. The van der Waals surface area contributed by atoms with Gasteiger partial charge >= 0.3 is 0 Å². The molecule has 315 valence electrons. The molecule has 1 aliphatic rings. The van der Waals surface area contributed by atoms with Crippen molar-refractivity contribution in [3.05, 3.63) is 94.5 Å². The molecule has 1 radical (unpaired) electrons. The zero-order chi connectivity index (χ0) is 41.9. The van der Waals surface area contributed by atoms with Crippen LogP contribution in [0.4, 0.5) is 0 Å². The molecule has 5 aromatic rings.